The number of carbonyl (C=O) groups excluding carboxylic acids is 1. The summed E-state index contributed by atoms with van der Waals surface area (Å²) in [5, 5.41) is 0. The van der Waals surface area contributed by atoms with Crippen LogP contribution in [0.3, 0.4) is 0 Å². The first-order valence-electron chi connectivity index (χ1n) is 14.7. The van der Waals surface area contributed by atoms with Crippen molar-refractivity contribution in [2.45, 2.75) is 84.5 Å². The molecule has 0 radical (unpaired) electrons. The van der Waals surface area contributed by atoms with Crippen molar-refractivity contribution < 1.29 is 9.53 Å². The summed E-state index contributed by atoms with van der Waals surface area (Å²) in [5.74, 6) is 1.36. The Balaban J connectivity index is 1.24. The van der Waals surface area contributed by atoms with Gasteiger partial charge in [0.05, 0.1) is 5.56 Å². The van der Waals surface area contributed by atoms with Crippen molar-refractivity contribution in [3.05, 3.63) is 90.0 Å². The van der Waals surface area contributed by atoms with E-state index in [0.717, 1.165) is 36.0 Å². The van der Waals surface area contributed by atoms with Crippen molar-refractivity contribution in [2.24, 2.45) is 0 Å². The Hall–Kier alpha value is -3.93. The van der Waals surface area contributed by atoms with E-state index in [1.54, 1.807) is 24.3 Å². The summed E-state index contributed by atoms with van der Waals surface area (Å²) in [6.07, 6.45) is 21.1. The van der Waals surface area contributed by atoms with Gasteiger partial charge in [0.2, 0.25) is 0 Å². The number of aromatic nitrogens is 4. The molecule has 6 heteroatoms. The third kappa shape index (κ3) is 8.80. The van der Waals surface area contributed by atoms with Gasteiger partial charge in [-0.15, -0.1) is 0 Å². The molecule has 2 heterocycles. The fourth-order valence-electron chi connectivity index (χ4n) is 4.61. The second kappa shape index (κ2) is 15.6. The number of nitrogens with zero attached hydrogens (tertiary/aromatic N) is 4. The van der Waals surface area contributed by atoms with E-state index in [-0.39, 0.29) is 0 Å². The molecule has 0 aliphatic carbocycles. The van der Waals surface area contributed by atoms with Gasteiger partial charge < -0.3 is 4.74 Å². The summed E-state index contributed by atoms with van der Waals surface area (Å²) < 4.78 is 5.58. The SMILES string of the molecule is CCCCCCCCCCc1cnc(-c2ccc(OC(=O)c3ccc(-c4ncc(CCC)cn4)cc3)cc2)nc1. The van der Waals surface area contributed by atoms with Crippen LogP contribution in [0.15, 0.2) is 73.3 Å². The van der Waals surface area contributed by atoms with Crippen molar-refractivity contribution in [1.82, 2.24) is 19.9 Å². The molecule has 2 aromatic carbocycles. The second-order valence-corrected chi connectivity index (χ2v) is 10.3. The number of esters is 1. The van der Waals surface area contributed by atoms with E-state index in [2.05, 4.69) is 33.8 Å². The van der Waals surface area contributed by atoms with E-state index in [4.69, 9.17) is 4.74 Å². The minimum atomic E-state index is -0.417. The Morgan fingerprint density at radius 3 is 1.57 bits per heavy atom. The van der Waals surface area contributed by atoms with Crippen LogP contribution in [0.4, 0.5) is 0 Å². The Labute approximate surface area is 238 Å². The molecule has 0 saturated carbocycles. The number of rotatable bonds is 15. The van der Waals surface area contributed by atoms with Gasteiger partial charge in [0, 0.05) is 35.9 Å². The Bertz CT molecular complexity index is 1300. The fraction of sp³-hybridized carbons (Fsp3) is 0.382. The minimum Gasteiger partial charge on any atom is -0.423 e. The summed E-state index contributed by atoms with van der Waals surface area (Å²) >= 11 is 0. The zero-order chi connectivity index (χ0) is 28.0. The van der Waals surface area contributed by atoms with Crippen LogP contribution in [-0.2, 0) is 12.8 Å². The van der Waals surface area contributed by atoms with Crippen molar-refractivity contribution in [1.29, 1.82) is 0 Å². The van der Waals surface area contributed by atoms with Crippen LogP contribution in [0.5, 0.6) is 5.75 Å². The summed E-state index contributed by atoms with van der Waals surface area (Å²) in [6.45, 7) is 4.39. The first kappa shape index (κ1) is 29.1. The van der Waals surface area contributed by atoms with Gasteiger partial charge in [-0.1, -0.05) is 77.3 Å². The highest BCUT2D eigenvalue weighted by molar-refractivity contribution is 5.91. The van der Waals surface area contributed by atoms with Crippen molar-refractivity contribution >= 4 is 5.97 Å². The zero-order valence-electron chi connectivity index (χ0n) is 23.8. The van der Waals surface area contributed by atoms with E-state index in [1.807, 2.05) is 49.1 Å². The number of ether oxygens (including phenoxy) is 1. The maximum absolute atomic E-state index is 12.7. The molecule has 0 atom stereocenters. The van der Waals surface area contributed by atoms with Gasteiger partial charge in [-0.05, 0) is 66.8 Å². The molecule has 2 aromatic heterocycles. The summed E-state index contributed by atoms with van der Waals surface area (Å²) in [7, 11) is 0. The maximum Gasteiger partial charge on any atom is 0.343 e. The van der Waals surface area contributed by atoms with E-state index in [9.17, 15) is 4.79 Å². The molecule has 4 aromatic rings. The molecule has 0 saturated heterocycles. The molecule has 6 nitrogen and oxygen atoms in total. The summed E-state index contributed by atoms with van der Waals surface area (Å²) in [6, 6.07) is 14.4. The van der Waals surface area contributed by atoms with E-state index < -0.39 is 5.97 Å². The van der Waals surface area contributed by atoms with Crippen molar-refractivity contribution in [3.8, 4) is 28.5 Å². The predicted octanol–water partition coefficient (Wildman–Crippen LogP) is 8.46. The van der Waals surface area contributed by atoms with Crippen LogP contribution >= 0.6 is 0 Å². The van der Waals surface area contributed by atoms with Crippen LogP contribution < -0.4 is 4.74 Å². The van der Waals surface area contributed by atoms with E-state index >= 15 is 0 Å². The Morgan fingerprint density at radius 2 is 1.05 bits per heavy atom. The number of carbonyl (C=O) groups is 1. The van der Waals surface area contributed by atoms with Gasteiger partial charge in [-0.2, -0.15) is 0 Å². The van der Waals surface area contributed by atoms with Crippen LogP contribution in [0.2, 0.25) is 0 Å². The lowest BCUT2D eigenvalue weighted by Crippen LogP contribution is -2.08. The highest BCUT2D eigenvalue weighted by Crippen LogP contribution is 2.22. The average molecular weight is 537 g/mol. The van der Waals surface area contributed by atoms with Gasteiger partial charge in [-0.25, -0.2) is 24.7 Å². The number of benzene rings is 2. The molecule has 0 unspecified atom stereocenters. The van der Waals surface area contributed by atoms with E-state index in [1.165, 1.54) is 56.9 Å². The Morgan fingerprint density at radius 1 is 0.575 bits per heavy atom. The second-order valence-electron chi connectivity index (χ2n) is 10.3. The van der Waals surface area contributed by atoms with Crippen molar-refractivity contribution in [3.63, 3.8) is 0 Å². The third-order valence-corrected chi connectivity index (χ3v) is 6.97. The lowest BCUT2D eigenvalue weighted by Gasteiger charge is -2.07. The lowest BCUT2D eigenvalue weighted by molar-refractivity contribution is 0.0735. The lowest BCUT2D eigenvalue weighted by atomic mass is 10.1. The van der Waals surface area contributed by atoms with Gasteiger partial charge >= 0.3 is 5.97 Å². The number of unbranched alkanes of at least 4 members (excludes halogenated alkanes) is 7. The number of hydrogen-bond acceptors (Lipinski definition) is 6. The quantitative estimate of drug-likeness (QED) is 0.0861. The first-order chi connectivity index (χ1) is 19.7. The highest BCUT2D eigenvalue weighted by Gasteiger charge is 2.11. The Kier molecular flexibility index (Phi) is 11.3. The summed E-state index contributed by atoms with van der Waals surface area (Å²) in [4.78, 5) is 30.7. The smallest absolute Gasteiger partial charge is 0.343 e. The van der Waals surface area contributed by atoms with Crippen LogP contribution in [0.1, 0.15) is 93.1 Å². The molecule has 4 rings (SSSR count). The van der Waals surface area contributed by atoms with Crippen molar-refractivity contribution in [2.75, 3.05) is 0 Å². The largest absolute Gasteiger partial charge is 0.423 e. The predicted molar refractivity (Wildman–Crippen MR) is 160 cm³/mol. The molecular formula is C34H40N4O2. The maximum atomic E-state index is 12.7. The topological polar surface area (TPSA) is 77.9 Å². The minimum absolute atomic E-state index is 0.417. The summed E-state index contributed by atoms with van der Waals surface area (Å²) in [5.41, 5.74) is 4.49. The van der Waals surface area contributed by atoms with Gasteiger partial charge in [0.15, 0.2) is 11.6 Å². The molecular weight excluding hydrogens is 496 g/mol. The molecule has 0 aliphatic heterocycles. The van der Waals surface area contributed by atoms with Gasteiger partial charge in [0.25, 0.3) is 0 Å². The number of hydrogen-bond donors (Lipinski definition) is 0. The molecule has 0 aliphatic rings. The first-order valence-corrected chi connectivity index (χ1v) is 14.7. The standard InChI is InChI=1S/C34H40N4O2/c1-3-5-6-7-8-9-10-11-13-27-24-37-33(38-25-27)29-18-20-31(21-19-29)40-34(39)30-16-14-28(15-17-30)32-35-22-26(12-4-2)23-36-32/h14-25H,3-13H2,1-2H3. The van der Waals surface area contributed by atoms with E-state index in [0.29, 0.717) is 23.0 Å². The molecule has 0 amide bonds. The molecule has 0 spiro atoms. The van der Waals surface area contributed by atoms with Crippen LogP contribution in [0, 0.1) is 0 Å². The van der Waals surface area contributed by atoms with Gasteiger partial charge in [0.1, 0.15) is 5.75 Å². The third-order valence-electron chi connectivity index (χ3n) is 6.97. The molecule has 40 heavy (non-hydrogen) atoms. The normalized spacial score (nSPS) is 10.9. The van der Waals surface area contributed by atoms with Crippen LogP contribution in [0.25, 0.3) is 22.8 Å². The molecule has 208 valence electrons. The highest BCUT2D eigenvalue weighted by atomic mass is 16.5. The molecule has 0 N–H and O–H groups in total. The monoisotopic (exact) mass is 536 g/mol. The van der Waals surface area contributed by atoms with Gasteiger partial charge in [-0.3, -0.25) is 0 Å². The molecule has 0 fully saturated rings. The zero-order valence-corrected chi connectivity index (χ0v) is 23.8. The molecule has 0 bridgehead atoms. The number of aryl methyl sites for hydroxylation is 2. The fourth-order valence-corrected chi connectivity index (χ4v) is 4.61. The average Bonchev–Trinajstić information content (AvgIpc) is 3.00. The van der Waals surface area contributed by atoms with Crippen LogP contribution in [-0.4, -0.2) is 25.9 Å².